The van der Waals surface area contributed by atoms with E-state index in [1.54, 1.807) is 0 Å². The zero-order valence-corrected chi connectivity index (χ0v) is 12.1. The molecule has 0 amide bonds. The summed E-state index contributed by atoms with van der Waals surface area (Å²) in [4.78, 5) is 0. The fraction of sp³-hybridized carbons (Fsp3) is 0.526. The van der Waals surface area contributed by atoms with Crippen LogP contribution in [0.15, 0.2) is 48.6 Å². The van der Waals surface area contributed by atoms with E-state index in [0.29, 0.717) is 0 Å². The average Bonchev–Trinajstić information content (AvgIpc) is 3.10. The van der Waals surface area contributed by atoms with Crippen molar-refractivity contribution in [3.8, 4) is 0 Å². The van der Waals surface area contributed by atoms with Crippen molar-refractivity contribution in [3.63, 3.8) is 0 Å². The highest BCUT2D eigenvalue weighted by molar-refractivity contribution is 5.17. The lowest BCUT2D eigenvalue weighted by molar-refractivity contribution is 0.551. The van der Waals surface area contributed by atoms with Crippen LogP contribution in [0, 0.1) is 5.92 Å². The van der Waals surface area contributed by atoms with Crippen LogP contribution in [0.2, 0.25) is 0 Å². The molecule has 0 fully saturated rings. The van der Waals surface area contributed by atoms with E-state index < -0.39 is 0 Å². The fourth-order valence-electron chi connectivity index (χ4n) is 2.84. The summed E-state index contributed by atoms with van der Waals surface area (Å²) in [5, 5.41) is 0. The van der Waals surface area contributed by atoms with Crippen LogP contribution >= 0.6 is 0 Å². The number of unbranched alkanes of at least 4 members (excludes halogenated alkanes) is 6. The van der Waals surface area contributed by atoms with Crippen LogP contribution in [0.3, 0.4) is 0 Å². The molecule has 0 spiro atoms. The molecule has 1 aliphatic carbocycles. The van der Waals surface area contributed by atoms with Crippen molar-refractivity contribution in [1.29, 1.82) is 0 Å². The highest BCUT2D eigenvalue weighted by atomic mass is 14.1. The molecule has 19 heavy (non-hydrogen) atoms. The molecule has 0 saturated carbocycles. The van der Waals surface area contributed by atoms with Gasteiger partial charge >= 0.3 is 0 Å². The van der Waals surface area contributed by atoms with Gasteiger partial charge in [0.25, 0.3) is 0 Å². The third-order valence-electron chi connectivity index (χ3n) is 4.06. The Morgan fingerprint density at radius 1 is 0.842 bits per heavy atom. The highest BCUT2D eigenvalue weighted by Gasteiger charge is 2.02. The predicted molar refractivity (Wildman–Crippen MR) is 84.4 cm³/mol. The molecule has 0 atom stereocenters. The molecule has 1 aliphatic rings. The van der Waals surface area contributed by atoms with Crippen molar-refractivity contribution in [1.82, 2.24) is 0 Å². The van der Waals surface area contributed by atoms with Gasteiger partial charge in [-0.1, -0.05) is 75.7 Å². The second-order valence-electron chi connectivity index (χ2n) is 5.74. The molecular weight excluding hydrogens is 228 g/mol. The zero-order chi connectivity index (χ0) is 13.2. The zero-order valence-electron chi connectivity index (χ0n) is 12.1. The van der Waals surface area contributed by atoms with Crippen molar-refractivity contribution >= 4 is 0 Å². The van der Waals surface area contributed by atoms with E-state index in [9.17, 15) is 0 Å². The lowest BCUT2D eigenvalue weighted by Crippen LogP contribution is -1.89. The van der Waals surface area contributed by atoms with E-state index in [0.717, 1.165) is 5.92 Å². The summed E-state index contributed by atoms with van der Waals surface area (Å²) in [7, 11) is 0. The van der Waals surface area contributed by atoms with E-state index in [-0.39, 0.29) is 0 Å². The van der Waals surface area contributed by atoms with Gasteiger partial charge in [0, 0.05) is 0 Å². The maximum atomic E-state index is 2.32. The third-order valence-corrected chi connectivity index (χ3v) is 4.06. The largest absolute Gasteiger partial charge is 0.211 e. The molecule has 2 rings (SSSR count). The SMILES string of the molecule is C1=CC(CCCCCCCCCc2cc[cH-]c2)C=C1. The maximum Gasteiger partial charge on any atom is -0.00473 e. The molecule has 0 saturated heterocycles. The van der Waals surface area contributed by atoms with Crippen LogP contribution in [0.4, 0.5) is 0 Å². The molecule has 0 N–H and O–H groups in total. The Bertz CT molecular complexity index is 355. The standard InChI is InChI=1S/C19H27/c1(2-4-6-12-18-14-8-9-15-18)3-5-7-13-19-16-10-11-17-19/h8-11,14-18H,1-7,12-13H2/q-1. The van der Waals surface area contributed by atoms with Gasteiger partial charge in [-0.3, -0.25) is 0 Å². The van der Waals surface area contributed by atoms with Crippen LogP contribution in [-0.4, -0.2) is 0 Å². The fourth-order valence-corrected chi connectivity index (χ4v) is 2.84. The van der Waals surface area contributed by atoms with E-state index >= 15 is 0 Å². The molecule has 104 valence electrons. The van der Waals surface area contributed by atoms with Crippen LogP contribution < -0.4 is 0 Å². The van der Waals surface area contributed by atoms with Crippen LogP contribution in [0.25, 0.3) is 0 Å². The summed E-state index contributed by atoms with van der Waals surface area (Å²) in [5.41, 5.74) is 1.51. The number of hydrogen-bond acceptors (Lipinski definition) is 0. The minimum atomic E-state index is 0.740. The molecule has 0 bridgehead atoms. The quantitative estimate of drug-likeness (QED) is 0.365. The second kappa shape index (κ2) is 8.85. The van der Waals surface area contributed by atoms with Gasteiger partial charge in [-0.15, -0.1) is 0 Å². The van der Waals surface area contributed by atoms with Gasteiger partial charge in [-0.25, -0.2) is 6.07 Å². The Balaban J connectivity index is 1.34. The topological polar surface area (TPSA) is 0 Å². The van der Waals surface area contributed by atoms with E-state index in [2.05, 4.69) is 48.6 Å². The maximum absolute atomic E-state index is 2.32. The minimum absolute atomic E-state index is 0.740. The van der Waals surface area contributed by atoms with E-state index in [1.165, 1.54) is 63.4 Å². The molecule has 0 nitrogen and oxygen atoms in total. The third kappa shape index (κ3) is 6.00. The summed E-state index contributed by atoms with van der Waals surface area (Å²) >= 11 is 0. The first-order valence-electron chi connectivity index (χ1n) is 8.01. The van der Waals surface area contributed by atoms with Gasteiger partial charge < -0.3 is 0 Å². The number of aryl methyl sites for hydroxylation is 1. The van der Waals surface area contributed by atoms with Crippen LogP contribution in [0.1, 0.15) is 56.9 Å². The Labute approximate surface area is 118 Å². The van der Waals surface area contributed by atoms with Gasteiger partial charge in [-0.05, 0) is 12.3 Å². The molecule has 1 aromatic rings. The van der Waals surface area contributed by atoms with Crippen LogP contribution in [-0.2, 0) is 6.42 Å². The molecule has 1 aromatic carbocycles. The van der Waals surface area contributed by atoms with Crippen LogP contribution in [0.5, 0.6) is 0 Å². The van der Waals surface area contributed by atoms with Crippen molar-refractivity contribution in [2.75, 3.05) is 0 Å². The Morgan fingerprint density at radius 2 is 1.53 bits per heavy atom. The van der Waals surface area contributed by atoms with Crippen molar-refractivity contribution in [2.45, 2.75) is 57.8 Å². The second-order valence-corrected chi connectivity index (χ2v) is 5.74. The summed E-state index contributed by atoms with van der Waals surface area (Å²) < 4.78 is 0. The molecule has 0 heteroatoms. The van der Waals surface area contributed by atoms with Crippen molar-refractivity contribution in [3.05, 3.63) is 54.1 Å². The van der Waals surface area contributed by atoms with Gasteiger partial charge in [0.1, 0.15) is 0 Å². The van der Waals surface area contributed by atoms with Gasteiger partial charge in [0.05, 0.1) is 0 Å². The molecule has 0 aromatic heterocycles. The van der Waals surface area contributed by atoms with E-state index in [4.69, 9.17) is 0 Å². The lowest BCUT2D eigenvalue weighted by Gasteiger charge is -2.06. The first kappa shape index (κ1) is 14.2. The summed E-state index contributed by atoms with van der Waals surface area (Å²) in [6, 6.07) is 8.77. The molecule has 0 heterocycles. The number of hydrogen-bond donors (Lipinski definition) is 0. The monoisotopic (exact) mass is 255 g/mol. The summed E-state index contributed by atoms with van der Waals surface area (Å²) in [5.74, 6) is 0.740. The Morgan fingerprint density at radius 3 is 2.21 bits per heavy atom. The molecule has 0 radical (unpaired) electrons. The van der Waals surface area contributed by atoms with Gasteiger partial charge in [-0.2, -0.15) is 23.8 Å². The van der Waals surface area contributed by atoms with Gasteiger partial charge in [0.2, 0.25) is 0 Å². The minimum Gasteiger partial charge on any atom is -0.211 e. The van der Waals surface area contributed by atoms with E-state index in [1.807, 2.05) is 0 Å². The Kier molecular flexibility index (Phi) is 6.63. The number of allylic oxidation sites excluding steroid dienone is 4. The Hall–Kier alpha value is -1.17. The van der Waals surface area contributed by atoms with Gasteiger partial charge in [0.15, 0.2) is 0 Å². The smallest absolute Gasteiger partial charge is 0.00473 e. The molecule has 0 aliphatic heterocycles. The summed E-state index contributed by atoms with van der Waals surface area (Å²) in [6.07, 6.45) is 21.5. The predicted octanol–water partition coefficient (Wildman–Crippen LogP) is 5.81. The summed E-state index contributed by atoms with van der Waals surface area (Å²) in [6.45, 7) is 0. The van der Waals surface area contributed by atoms with Crippen molar-refractivity contribution < 1.29 is 0 Å². The normalized spacial score (nSPS) is 14.5. The highest BCUT2D eigenvalue weighted by Crippen LogP contribution is 2.18. The first-order valence-corrected chi connectivity index (χ1v) is 8.01. The lowest BCUT2D eigenvalue weighted by atomic mass is 10.0. The first-order chi connectivity index (χ1) is 9.45. The molecule has 0 unspecified atom stereocenters. The average molecular weight is 255 g/mol. The number of rotatable bonds is 10. The molecular formula is C19H27-. The van der Waals surface area contributed by atoms with Crippen molar-refractivity contribution in [2.24, 2.45) is 5.92 Å².